The normalized spacial score (nSPS) is 13.0. The summed E-state index contributed by atoms with van der Waals surface area (Å²) < 4.78 is 0. The van der Waals surface area contributed by atoms with Gasteiger partial charge in [0.05, 0.1) is 0 Å². The van der Waals surface area contributed by atoms with Gasteiger partial charge >= 0.3 is 0 Å². The lowest BCUT2D eigenvalue weighted by Crippen LogP contribution is -2.25. The summed E-state index contributed by atoms with van der Waals surface area (Å²) in [5.74, 6) is -0.242. The highest BCUT2D eigenvalue weighted by molar-refractivity contribution is 6.37. The molecule has 0 aliphatic carbocycles. The summed E-state index contributed by atoms with van der Waals surface area (Å²) in [5.41, 5.74) is 0. The lowest BCUT2D eigenvalue weighted by Gasteiger charge is -2.12. The van der Waals surface area contributed by atoms with Crippen LogP contribution < -0.4 is 0 Å². The Morgan fingerprint density at radius 2 is 1.69 bits per heavy atom. The quantitative estimate of drug-likeness (QED) is 0.595. The topological polar surface area (TPSA) is 34.1 Å². The average molecular weight is 184 g/mol. The van der Waals surface area contributed by atoms with Crippen molar-refractivity contribution in [3.63, 3.8) is 0 Å². The molecule has 2 heteroatoms. The Labute approximate surface area is 80.7 Å². The SMILES string of the molecule is CCCCC(=O)C(=O)C(C)C(C)C. The Morgan fingerprint density at radius 3 is 2.08 bits per heavy atom. The summed E-state index contributed by atoms with van der Waals surface area (Å²) in [6.45, 7) is 7.78. The number of unbranched alkanes of at least 4 members (excludes halogenated alkanes) is 1. The van der Waals surface area contributed by atoms with Gasteiger partial charge in [-0.15, -0.1) is 0 Å². The number of hydrogen-bond donors (Lipinski definition) is 0. The van der Waals surface area contributed by atoms with Gasteiger partial charge in [0, 0.05) is 12.3 Å². The molecular formula is C11H20O2. The van der Waals surface area contributed by atoms with E-state index in [1.165, 1.54) is 0 Å². The largest absolute Gasteiger partial charge is 0.291 e. The fourth-order valence-corrected chi connectivity index (χ4v) is 1.02. The van der Waals surface area contributed by atoms with Crippen LogP contribution in [0, 0.1) is 11.8 Å². The number of rotatable bonds is 6. The van der Waals surface area contributed by atoms with Crippen molar-refractivity contribution >= 4 is 11.6 Å². The molecule has 1 unspecified atom stereocenters. The molecule has 0 aliphatic heterocycles. The van der Waals surface area contributed by atoms with Crippen molar-refractivity contribution in [3.8, 4) is 0 Å². The Morgan fingerprint density at radius 1 is 1.15 bits per heavy atom. The highest BCUT2D eigenvalue weighted by atomic mass is 16.2. The first-order chi connectivity index (χ1) is 6.00. The van der Waals surface area contributed by atoms with Gasteiger partial charge in [0.25, 0.3) is 0 Å². The van der Waals surface area contributed by atoms with Crippen LogP contribution in [0.5, 0.6) is 0 Å². The molecule has 0 radical (unpaired) electrons. The molecule has 0 saturated carbocycles. The van der Waals surface area contributed by atoms with Crippen LogP contribution in [0.4, 0.5) is 0 Å². The van der Waals surface area contributed by atoms with Crippen molar-refractivity contribution in [1.82, 2.24) is 0 Å². The van der Waals surface area contributed by atoms with Gasteiger partial charge < -0.3 is 0 Å². The second kappa shape index (κ2) is 5.90. The van der Waals surface area contributed by atoms with Gasteiger partial charge in [-0.3, -0.25) is 9.59 Å². The molecule has 2 nitrogen and oxygen atoms in total. The lowest BCUT2D eigenvalue weighted by molar-refractivity contribution is -0.139. The molecule has 0 aromatic heterocycles. The van der Waals surface area contributed by atoms with Crippen molar-refractivity contribution in [1.29, 1.82) is 0 Å². The van der Waals surface area contributed by atoms with Crippen molar-refractivity contribution in [2.75, 3.05) is 0 Å². The number of ketones is 2. The van der Waals surface area contributed by atoms with E-state index in [9.17, 15) is 9.59 Å². The molecule has 1 atom stereocenters. The van der Waals surface area contributed by atoms with E-state index >= 15 is 0 Å². The molecule has 76 valence electrons. The molecule has 0 spiro atoms. The fraction of sp³-hybridized carbons (Fsp3) is 0.818. The van der Waals surface area contributed by atoms with Crippen molar-refractivity contribution < 1.29 is 9.59 Å². The number of hydrogen-bond acceptors (Lipinski definition) is 2. The molecule has 0 fully saturated rings. The third-order valence-electron chi connectivity index (χ3n) is 2.45. The van der Waals surface area contributed by atoms with Gasteiger partial charge in [0.1, 0.15) is 0 Å². The van der Waals surface area contributed by atoms with E-state index in [2.05, 4.69) is 0 Å². The molecule has 0 heterocycles. The lowest BCUT2D eigenvalue weighted by atomic mass is 9.90. The second-order valence-corrected chi connectivity index (χ2v) is 3.92. The number of carbonyl (C=O) groups is 2. The summed E-state index contributed by atoms with van der Waals surface area (Å²) >= 11 is 0. The first kappa shape index (κ1) is 12.3. The van der Waals surface area contributed by atoms with E-state index in [1.54, 1.807) is 0 Å². The van der Waals surface area contributed by atoms with Crippen LogP contribution in [0.1, 0.15) is 47.0 Å². The zero-order chi connectivity index (χ0) is 10.4. The standard InChI is InChI=1S/C11H20O2/c1-5-6-7-10(12)11(13)9(4)8(2)3/h8-9H,5-7H2,1-4H3. The summed E-state index contributed by atoms with van der Waals surface area (Å²) in [6.07, 6.45) is 2.22. The molecule has 0 aromatic rings. The number of carbonyl (C=O) groups excluding carboxylic acids is 2. The minimum atomic E-state index is -0.192. The van der Waals surface area contributed by atoms with E-state index in [-0.39, 0.29) is 23.4 Å². The monoisotopic (exact) mass is 184 g/mol. The number of Topliss-reactive ketones (excluding diaryl/α,β-unsaturated/α-hetero) is 2. The average Bonchev–Trinajstić information content (AvgIpc) is 2.11. The van der Waals surface area contributed by atoms with E-state index in [4.69, 9.17) is 0 Å². The van der Waals surface area contributed by atoms with Gasteiger partial charge in [-0.2, -0.15) is 0 Å². The van der Waals surface area contributed by atoms with Gasteiger partial charge in [-0.1, -0.05) is 34.1 Å². The molecule has 0 saturated heterocycles. The second-order valence-electron chi connectivity index (χ2n) is 3.92. The molecule has 13 heavy (non-hydrogen) atoms. The smallest absolute Gasteiger partial charge is 0.201 e. The van der Waals surface area contributed by atoms with Gasteiger partial charge in [-0.25, -0.2) is 0 Å². The van der Waals surface area contributed by atoms with E-state index in [1.807, 2.05) is 27.7 Å². The zero-order valence-electron chi connectivity index (χ0n) is 9.09. The Bertz CT molecular complexity index is 183. The minimum absolute atomic E-state index is 0.121. The summed E-state index contributed by atoms with van der Waals surface area (Å²) in [5, 5.41) is 0. The zero-order valence-corrected chi connectivity index (χ0v) is 9.09. The van der Waals surface area contributed by atoms with E-state index in [0.29, 0.717) is 6.42 Å². The molecular weight excluding hydrogens is 164 g/mol. The molecule has 0 rings (SSSR count). The Kier molecular flexibility index (Phi) is 5.60. The highest BCUT2D eigenvalue weighted by Gasteiger charge is 2.22. The molecule has 0 bridgehead atoms. The highest BCUT2D eigenvalue weighted by Crippen LogP contribution is 2.12. The van der Waals surface area contributed by atoms with Gasteiger partial charge in [0.15, 0.2) is 5.78 Å². The molecule has 0 amide bonds. The molecule has 0 aliphatic rings. The summed E-state index contributed by atoms with van der Waals surface area (Å²) in [7, 11) is 0. The van der Waals surface area contributed by atoms with Crippen LogP contribution in [0.25, 0.3) is 0 Å². The van der Waals surface area contributed by atoms with E-state index < -0.39 is 0 Å². The van der Waals surface area contributed by atoms with Crippen LogP contribution in [0.2, 0.25) is 0 Å². The maximum Gasteiger partial charge on any atom is 0.201 e. The van der Waals surface area contributed by atoms with Crippen LogP contribution in [-0.4, -0.2) is 11.6 Å². The third-order valence-corrected chi connectivity index (χ3v) is 2.45. The predicted molar refractivity (Wildman–Crippen MR) is 53.5 cm³/mol. The van der Waals surface area contributed by atoms with Crippen molar-refractivity contribution in [2.24, 2.45) is 11.8 Å². The molecule has 0 N–H and O–H groups in total. The Hall–Kier alpha value is -0.660. The fourth-order valence-electron chi connectivity index (χ4n) is 1.02. The third kappa shape index (κ3) is 4.20. The predicted octanol–water partition coefficient (Wildman–Crippen LogP) is 2.61. The van der Waals surface area contributed by atoms with Crippen LogP contribution >= 0.6 is 0 Å². The summed E-state index contributed by atoms with van der Waals surface area (Å²) in [4.78, 5) is 22.7. The van der Waals surface area contributed by atoms with E-state index in [0.717, 1.165) is 12.8 Å². The van der Waals surface area contributed by atoms with Crippen molar-refractivity contribution in [3.05, 3.63) is 0 Å². The van der Waals surface area contributed by atoms with Crippen molar-refractivity contribution in [2.45, 2.75) is 47.0 Å². The first-order valence-electron chi connectivity index (χ1n) is 5.07. The van der Waals surface area contributed by atoms with Crippen LogP contribution in [0.15, 0.2) is 0 Å². The molecule has 0 aromatic carbocycles. The first-order valence-corrected chi connectivity index (χ1v) is 5.07. The van der Waals surface area contributed by atoms with Crippen LogP contribution in [-0.2, 0) is 9.59 Å². The van der Waals surface area contributed by atoms with Gasteiger partial charge in [-0.05, 0) is 12.3 Å². The Balaban J connectivity index is 4.02. The van der Waals surface area contributed by atoms with Crippen LogP contribution in [0.3, 0.4) is 0 Å². The maximum atomic E-state index is 11.4. The minimum Gasteiger partial charge on any atom is -0.291 e. The van der Waals surface area contributed by atoms with Gasteiger partial charge in [0.2, 0.25) is 5.78 Å². The maximum absolute atomic E-state index is 11.4. The summed E-state index contributed by atoms with van der Waals surface area (Å²) in [6, 6.07) is 0.